The van der Waals surface area contributed by atoms with Crippen molar-refractivity contribution >= 4 is 0 Å². The Morgan fingerprint density at radius 1 is 1.27 bits per heavy atom. The number of rotatable bonds is 7. The van der Waals surface area contributed by atoms with Crippen LogP contribution >= 0.6 is 0 Å². The standard InChI is InChI=1S/C16H23F2NO3/c1-10(19-11(2)13-5-4-8-21-13)12-6-7-14(22-16(17)18)15(9-12)20-3/h6-7,9-11,13,16,19H,4-5,8H2,1-3H3/t10-,11+,13-/m0/s1. The van der Waals surface area contributed by atoms with Crippen molar-refractivity contribution in [2.24, 2.45) is 0 Å². The first-order valence-corrected chi connectivity index (χ1v) is 7.51. The van der Waals surface area contributed by atoms with E-state index in [-0.39, 0.29) is 23.9 Å². The summed E-state index contributed by atoms with van der Waals surface area (Å²) in [4.78, 5) is 0. The molecule has 0 bridgehead atoms. The molecular formula is C16H23F2NO3. The molecule has 6 heteroatoms. The molecule has 22 heavy (non-hydrogen) atoms. The maximum absolute atomic E-state index is 12.3. The van der Waals surface area contributed by atoms with E-state index in [1.807, 2.05) is 6.92 Å². The first-order valence-electron chi connectivity index (χ1n) is 7.51. The van der Waals surface area contributed by atoms with E-state index in [2.05, 4.69) is 17.0 Å². The number of hydrogen-bond donors (Lipinski definition) is 1. The second kappa shape index (κ2) is 7.74. The average Bonchev–Trinajstić information content (AvgIpc) is 3.01. The van der Waals surface area contributed by atoms with Crippen LogP contribution in [0.2, 0.25) is 0 Å². The van der Waals surface area contributed by atoms with Crippen LogP contribution in [0.3, 0.4) is 0 Å². The molecule has 0 saturated carbocycles. The molecule has 0 aliphatic carbocycles. The molecule has 1 aromatic carbocycles. The van der Waals surface area contributed by atoms with Crippen LogP contribution < -0.4 is 14.8 Å². The molecule has 0 spiro atoms. The first-order chi connectivity index (χ1) is 10.5. The maximum atomic E-state index is 12.3. The molecule has 1 aliphatic heterocycles. The van der Waals surface area contributed by atoms with Crippen LogP contribution in [0, 0.1) is 0 Å². The van der Waals surface area contributed by atoms with Gasteiger partial charge in [0, 0.05) is 18.7 Å². The summed E-state index contributed by atoms with van der Waals surface area (Å²) in [7, 11) is 1.44. The van der Waals surface area contributed by atoms with Crippen LogP contribution in [0.4, 0.5) is 8.78 Å². The van der Waals surface area contributed by atoms with E-state index < -0.39 is 6.61 Å². The Kier molecular flexibility index (Phi) is 5.97. The van der Waals surface area contributed by atoms with Gasteiger partial charge in [-0.25, -0.2) is 0 Å². The molecule has 1 aromatic rings. The highest BCUT2D eigenvalue weighted by Gasteiger charge is 2.24. The first kappa shape index (κ1) is 17.0. The summed E-state index contributed by atoms with van der Waals surface area (Å²) in [5, 5.41) is 3.48. The minimum atomic E-state index is -2.87. The van der Waals surface area contributed by atoms with Gasteiger partial charge in [0.15, 0.2) is 11.5 Å². The predicted octanol–water partition coefficient (Wildman–Crippen LogP) is 3.51. The van der Waals surface area contributed by atoms with Crippen LogP contribution in [-0.2, 0) is 4.74 Å². The van der Waals surface area contributed by atoms with Crippen LogP contribution in [0.1, 0.15) is 38.3 Å². The number of halogens is 2. The third-order valence-electron chi connectivity index (χ3n) is 3.94. The van der Waals surface area contributed by atoms with Gasteiger partial charge in [-0.2, -0.15) is 8.78 Å². The van der Waals surface area contributed by atoms with E-state index in [0.29, 0.717) is 5.75 Å². The highest BCUT2D eigenvalue weighted by atomic mass is 19.3. The lowest BCUT2D eigenvalue weighted by Crippen LogP contribution is -2.38. The Hall–Kier alpha value is -1.40. The van der Waals surface area contributed by atoms with Crippen LogP contribution in [0.25, 0.3) is 0 Å². The third kappa shape index (κ3) is 4.30. The molecule has 1 fully saturated rings. The summed E-state index contributed by atoms with van der Waals surface area (Å²) in [6.07, 6.45) is 2.38. The number of nitrogens with one attached hydrogen (secondary N) is 1. The molecule has 1 aliphatic rings. The fourth-order valence-corrected chi connectivity index (χ4v) is 2.74. The molecule has 1 N–H and O–H groups in total. The highest BCUT2D eigenvalue weighted by molar-refractivity contribution is 5.43. The largest absolute Gasteiger partial charge is 0.493 e. The molecule has 0 unspecified atom stereocenters. The molecule has 124 valence electrons. The van der Waals surface area contributed by atoms with Crippen LogP contribution in [0.15, 0.2) is 18.2 Å². The number of alkyl halides is 2. The van der Waals surface area contributed by atoms with Gasteiger partial charge in [-0.3, -0.25) is 0 Å². The van der Waals surface area contributed by atoms with Gasteiger partial charge in [0.05, 0.1) is 13.2 Å². The zero-order valence-electron chi connectivity index (χ0n) is 13.1. The van der Waals surface area contributed by atoms with E-state index in [1.54, 1.807) is 12.1 Å². The second-order valence-electron chi connectivity index (χ2n) is 5.52. The Labute approximate surface area is 129 Å². The molecule has 0 radical (unpaired) electrons. The molecular weight excluding hydrogens is 292 g/mol. The van der Waals surface area contributed by atoms with Crippen molar-refractivity contribution in [1.82, 2.24) is 5.32 Å². The van der Waals surface area contributed by atoms with Crippen molar-refractivity contribution in [2.45, 2.75) is 51.5 Å². The Bertz CT molecular complexity index is 478. The van der Waals surface area contributed by atoms with Gasteiger partial charge in [-0.15, -0.1) is 0 Å². The van der Waals surface area contributed by atoms with Crippen LogP contribution in [0.5, 0.6) is 11.5 Å². The molecule has 1 heterocycles. The summed E-state index contributed by atoms with van der Waals surface area (Å²) in [6.45, 7) is 2.07. The zero-order valence-corrected chi connectivity index (χ0v) is 13.1. The highest BCUT2D eigenvalue weighted by Crippen LogP contribution is 2.31. The van der Waals surface area contributed by atoms with Gasteiger partial charge in [-0.1, -0.05) is 6.07 Å². The fraction of sp³-hybridized carbons (Fsp3) is 0.625. The van der Waals surface area contributed by atoms with Gasteiger partial charge in [0.1, 0.15) is 0 Å². The lowest BCUT2D eigenvalue weighted by Gasteiger charge is -2.25. The van der Waals surface area contributed by atoms with Crippen molar-refractivity contribution in [1.29, 1.82) is 0 Å². The van der Waals surface area contributed by atoms with Gasteiger partial charge in [0.25, 0.3) is 0 Å². The van der Waals surface area contributed by atoms with Gasteiger partial charge < -0.3 is 19.5 Å². The van der Waals surface area contributed by atoms with Gasteiger partial charge >= 0.3 is 6.61 Å². The molecule has 3 atom stereocenters. The Morgan fingerprint density at radius 3 is 2.64 bits per heavy atom. The summed E-state index contributed by atoms with van der Waals surface area (Å²) in [6, 6.07) is 5.27. The SMILES string of the molecule is COc1cc([C@H](C)N[C@H](C)[C@@H]2CCCO2)ccc1OC(F)F. The number of benzene rings is 1. The van der Waals surface area contributed by atoms with E-state index >= 15 is 0 Å². The van der Waals surface area contributed by atoms with Crippen molar-refractivity contribution in [3.63, 3.8) is 0 Å². The minimum Gasteiger partial charge on any atom is -0.493 e. The van der Waals surface area contributed by atoms with Crippen molar-refractivity contribution in [3.8, 4) is 11.5 Å². The molecule has 4 nitrogen and oxygen atoms in total. The Balaban J connectivity index is 2.03. The summed E-state index contributed by atoms with van der Waals surface area (Å²) < 4.78 is 39.9. The molecule has 2 rings (SSSR count). The van der Waals surface area contributed by atoms with Gasteiger partial charge in [-0.05, 0) is 44.4 Å². The van der Waals surface area contributed by atoms with Crippen molar-refractivity contribution in [3.05, 3.63) is 23.8 Å². The van der Waals surface area contributed by atoms with E-state index in [9.17, 15) is 8.78 Å². The van der Waals surface area contributed by atoms with E-state index in [0.717, 1.165) is 25.0 Å². The number of hydrogen-bond acceptors (Lipinski definition) is 4. The predicted molar refractivity (Wildman–Crippen MR) is 79.6 cm³/mol. The lowest BCUT2D eigenvalue weighted by molar-refractivity contribution is -0.0512. The smallest absolute Gasteiger partial charge is 0.387 e. The van der Waals surface area contributed by atoms with Crippen molar-refractivity contribution in [2.75, 3.05) is 13.7 Å². The minimum absolute atomic E-state index is 0.0422. The molecule has 0 amide bonds. The summed E-state index contributed by atoms with van der Waals surface area (Å²) in [5.41, 5.74) is 0.948. The quantitative estimate of drug-likeness (QED) is 0.836. The molecule has 1 saturated heterocycles. The topological polar surface area (TPSA) is 39.7 Å². The second-order valence-corrected chi connectivity index (χ2v) is 5.52. The third-order valence-corrected chi connectivity index (χ3v) is 3.94. The lowest BCUT2D eigenvalue weighted by atomic mass is 10.0. The maximum Gasteiger partial charge on any atom is 0.387 e. The van der Waals surface area contributed by atoms with Crippen molar-refractivity contribution < 1.29 is 23.0 Å². The zero-order chi connectivity index (χ0) is 16.1. The number of ether oxygens (including phenoxy) is 3. The van der Waals surface area contributed by atoms with Gasteiger partial charge in [0.2, 0.25) is 0 Å². The van der Waals surface area contributed by atoms with Crippen LogP contribution in [-0.4, -0.2) is 32.5 Å². The van der Waals surface area contributed by atoms with E-state index in [1.165, 1.54) is 13.2 Å². The summed E-state index contributed by atoms with van der Waals surface area (Å²) >= 11 is 0. The number of methoxy groups -OCH3 is 1. The van der Waals surface area contributed by atoms with E-state index in [4.69, 9.17) is 9.47 Å². The monoisotopic (exact) mass is 315 g/mol. The average molecular weight is 315 g/mol. The normalized spacial score (nSPS) is 20.9. The summed E-state index contributed by atoms with van der Waals surface area (Å²) in [5.74, 6) is 0.344. The Morgan fingerprint density at radius 2 is 2.05 bits per heavy atom. The molecule has 0 aromatic heterocycles. The fourth-order valence-electron chi connectivity index (χ4n) is 2.74.